The fourth-order valence-corrected chi connectivity index (χ4v) is 6.04. The largest absolute Gasteiger partial charge is 0.456 e. The number of piperazine rings is 1. The number of sulfonamides is 1. The quantitative estimate of drug-likeness (QED) is 0.402. The molecule has 9 nitrogen and oxygen atoms in total. The predicted molar refractivity (Wildman–Crippen MR) is 124 cm³/mol. The fourth-order valence-electron chi connectivity index (χ4n) is 3.98. The van der Waals surface area contributed by atoms with E-state index >= 15 is 0 Å². The van der Waals surface area contributed by atoms with E-state index in [0.717, 1.165) is 32.1 Å². The summed E-state index contributed by atoms with van der Waals surface area (Å²) < 4.78 is 39.7. The highest BCUT2D eigenvalue weighted by Gasteiger charge is 2.33. The first-order valence-corrected chi connectivity index (χ1v) is 12.7. The smallest absolute Gasteiger partial charge is 0.271 e. The molecule has 0 saturated carbocycles. The van der Waals surface area contributed by atoms with Crippen molar-refractivity contribution in [1.29, 1.82) is 0 Å². The Balaban J connectivity index is 1.57. The van der Waals surface area contributed by atoms with Crippen LogP contribution in [0.2, 0.25) is 10.0 Å². The summed E-state index contributed by atoms with van der Waals surface area (Å²) in [4.78, 5) is 12.6. The van der Waals surface area contributed by atoms with E-state index in [1.165, 1.54) is 34.6 Å². The van der Waals surface area contributed by atoms with Crippen molar-refractivity contribution in [2.45, 2.75) is 23.8 Å². The van der Waals surface area contributed by atoms with E-state index < -0.39 is 14.9 Å². The number of hydrogen-bond donors (Lipinski definition) is 0. The maximum atomic E-state index is 13.5. The highest BCUT2D eigenvalue weighted by atomic mass is 35.5. The molecule has 0 radical (unpaired) electrons. The average molecular weight is 516 g/mol. The second kappa shape index (κ2) is 10.1. The molecule has 2 aromatic carbocycles. The highest BCUT2D eigenvalue weighted by molar-refractivity contribution is 7.89. The van der Waals surface area contributed by atoms with Crippen LogP contribution < -0.4 is 4.74 Å². The first-order valence-electron chi connectivity index (χ1n) is 10.5. The van der Waals surface area contributed by atoms with Gasteiger partial charge in [-0.2, -0.15) is 4.31 Å². The zero-order valence-electron chi connectivity index (χ0n) is 17.7. The van der Waals surface area contributed by atoms with Crippen LogP contribution in [0.4, 0.5) is 5.69 Å². The van der Waals surface area contributed by atoms with Crippen LogP contribution in [-0.2, 0) is 14.8 Å². The Morgan fingerprint density at radius 1 is 1.09 bits per heavy atom. The Morgan fingerprint density at radius 2 is 1.79 bits per heavy atom. The second-order valence-corrected chi connectivity index (χ2v) is 10.7. The molecule has 2 aliphatic rings. The lowest BCUT2D eigenvalue weighted by Gasteiger charge is -2.35. The molecule has 33 heavy (non-hydrogen) atoms. The normalized spacial score (nSPS) is 20.1. The zero-order chi connectivity index (χ0) is 23.6. The lowest BCUT2D eigenvalue weighted by molar-refractivity contribution is -0.385. The Morgan fingerprint density at radius 3 is 2.39 bits per heavy atom. The van der Waals surface area contributed by atoms with Crippen LogP contribution in [0.3, 0.4) is 0 Å². The van der Waals surface area contributed by atoms with Gasteiger partial charge in [0.05, 0.1) is 11.0 Å². The summed E-state index contributed by atoms with van der Waals surface area (Å²) >= 11 is 12.0. The Kier molecular flexibility index (Phi) is 7.42. The first kappa shape index (κ1) is 24.2. The molecule has 2 aromatic rings. The van der Waals surface area contributed by atoms with Crippen molar-refractivity contribution in [3.05, 3.63) is 56.6 Å². The number of halogens is 2. The molecule has 2 fully saturated rings. The summed E-state index contributed by atoms with van der Waals surface area (Å²) in [6.07, 6.45) is 2.25. The summed E-state index contributed by atoms with van der Waals surface area (Å²) in [5.41, 5.74) is -0.345. The van der Waals surface area contributed by atoms with Crippen molar-refractivity contribution in [2.24, 2.45) is 0 Å². The molecule has 178 valence electrons. The molecule has 0 aliphatic carbocycles. The lowest BCUT2D eigenvalue weighted by atomic mass is 10.2. The van der Waals surface area contributed by atoms with Gasteiger partial charge in [0.2, 0.25) is 10.0 Å². The first-order chi connectivity index (χ1) is 15.7. The SMILES string of the molecule is O=[N+]([O-])c1ccc(Oc2cc(Cl)cc(Cl)c2)c(S(=O)(=O)N2CCN(CC3CCCO3)CC2)c1. The molecule has 0 aromatic heterocycles. The summed E-state index contributed by atoms with van der Waals surface area (Å²) in [6.45, 7) is 3.17. The summed E-state index contributed by atoms with van der Waals surface area (Å²) in [7, 11) is -4.06. The summed E-state index contributed by atoms with van der Waals surface area (Å²) in [5, 5.41) is 11.9. The Bertz CT molecular complexity index is 1110. The van der Waals surface area contributed by atoms with Crippen molar-refractivity contribution >= 4 is 38.9 Å². The van der Waals surface area contributed by atoms with Crippen LogP contribution in [-0.4, -0.2) is 68.0 Å². The Labute approximate surface area is 202 Å². The van der Waals surface area contributed by atoms with E-state index in [0.29, 0.717) is 23.1 Å². The fraction of sp³-hybridized carbons (Fsp3) is 0.429. The molecule has 0 spiro atoms. The van der Waals surface area contributed by atoms with Crippen LogP contribution in [0.25, 0.3) is 0 Å². The third kappa shape index (κ3) is 5.76. The van der Waals surface area contributed by atoms with E-state index in [1.54, 1.807) is 0 Å². The molecule has 2 aliphatic heterocycles. The van der Waals surface area contributed by atoms with Gasteiger partial charge in [0, 0.05) is 61.5 Å². The van der Waals surface area contributed by atoms with Gasteiger partial charge in [0.1, 0.15) is 16.4 Å². The average Bonchev–Trinajstić information content (AvgIpc) is 3.26. The molecule has 1 unspecified atom stereocenters. The number of non-ortho nitro benzene ring substituents is 1. The van der Waals surface area contributed by atoms with E-state index in [9.17, 15) is 18.5 Å². The molecule has 12 heteroatoms. The van der Waals surface area contributed by atoms with Crippen LogP contribution in [0.1, 0.15) is 12.8 Å². The van der Waals surface area contributed by atoms with Crippen LogP contribution >= 0.6 is 23.2 Å². The van der Waals surface area contributed by atoms with Crippen molar-refractivity contribution in [2.75, 3.05) is 39.3 Å². The molecule has 0 amide bonds. The van der Waals surface area contributed by atoms with Crippen LogP contribution in [0.15, 0.2) is 41.3 Å². The van der Waals surface area contributed by atoms with Crippen molar-refractivity contribution < 1.29 is 22.8 Å². The Hall–Kier alpha value is -1.95. The van der Waals surface area contributed by atoms with E-state index in [1.807, 2.05) is 0 Å². The number of nitro groups is 1. The van der Waals surface area contributed by atoms with Gasteiger partial charge in [-0.05, 0) is 37.1 Å². The van der Waals surface area contributed by atoms with Crippen molar-refractivity contribution in [3.63, 3.8) is 0 Å². The lowest BCUT2D eigenvalue weighted by Crippen LogP contribution is -2.50. The zero-order valence-corrected chi connectivity index (χ0v) is 20.0. The molecule has 0 N–H and O–H groups in total. The van der Waals surface area contributed by atoms with E-state index in [2.05, 4.69) is 4.90 Å². The third-order valence-corrected chi connectivity index (χ3v) is 7.99. The van der Waals surface area contributed by atoms with Gasteiger partial charge < -0.3 is 9.47 Å². The molecule has 2 saturated heterocycles. The van der Waals surface area contributed by atoms with Gasteiger partial charge >= 0.3 is 0 Å². The minimum absolute atomic E-state index is 0.0410. The van der Waals surface area contributed by atoms with Crippen molar-refractivity contribution in [1.82, 2.24) is 9.21 Å². The van der Waals surface area contributed by atoms with Crippen molar-refractivity contribution in [3.8, 4) is 11.5 Å². The summed E-state index contributed by atoms with van der Waals surface area (Å²) in [5.74, 6) is 0.180. The van der Waals surface area contributed by atoms with Gasteiger partial charge in [-0.1, -0.05) is 23.2 Å². The minimum Gasteiger partial charge on any atom is -0.456 e. The van der Waals surface area contributed by atoms with Crippen LogP contribution in [0.5, 0.6) is 11.5 Å². The number of hydrogen-bond acceptors (Lipinski definition) is 7. The predicted octanol–water partition coefficient (Wildman–Crippen LogP) is 4.18. The van der Waals surface area contributed by atoms with Gasteiger partial charge in [0.15, 0.2) is 0 Å². The number of nitro benzene ring substituents is 1. The molecular weight excluding hydrogens is 493 g/mol. The van der Waals surface area contributed by atoms with Crippen LogP contribution in [0, 0.1) is 10.1 Å². The molecule has 2 heterocycles. The van der Waals surface area contributed by atoms with Gasteiger partial charge in [0.25, 0.3) is 5.69 Å². The number of nitrogens with zero attached hydrogens (tertiary/aromatic N) is 3. The number of benzene rings is 2. The monoisotopic (exact) mass is 515 g/mol. The van der Waals surface area contributed by atoms with E-state index in [4.69, 9.17) is 32.7 Å². The molecule has 1 atom stereocenters. The molecule has 0 bridgehead atoms. The van der Waals surface area contributed by atoms with Gasteiger partial charge in [-0.15, -0.1) is 0 Å². The minimum atomic E-state index is -4.06. The second-order valence-electron chi connectivity index (χ2n) is 7.94. The number of rotatable bonds is 7. The number of ether oxygens (including phenoxy) is 2. The van der Waals surface area contributed by atoms with Gasteiger partial charge in [-0.3, -0.25) is 15.0 Å². The molecular formula is C21H23Cl2N3O6S. The topological polar surface area (TPSA) is 102 Å². The maximum absolute atomic E-state index is 13.5. The standard InChI is InChI=1S/C21H23Cl2N3O6S/c22-15-10-16(23)12-19(11-15)32-20-4-3-17(26(27)28)13-21(20)33(29,30)25-7-5-24(6-8-25)14-18-2-1-9-31-18/h3-4,10-13,18H,1-2,5-9,14H2. The van der Waals surface area contributed by atoms with Gasteiger partial charge in [-0.25, -0.2) is 8.42 Å². The third-order valence-electron chi connectivity index (χ3n) is 5.64. The maximum Gasteiger partial charge on any atom is 0.271 e. The molecule has 4 rings (SSSR count). The summed E-state index contributed by atoms with van der Waals surface area (Å²) in [6, 6.07) is 7.97. The van der Waals surface area contributed by atoms with E-state index in [-0.39, 0.29) is 41.3 Å². The highest BCUT2D eigenvalue weighted by Crippen LogP contribution is 2.36.